The van der Waals surface area contributed by atoms with E-state index in [2.05, 4.69) is 16.5 Å². The number of aromatic carboxylic acids is 1. The SMILES string of the molecule is CCC(CC1CC1)n1c(C)nc2ccc(C(=O)O)cc21. The van der Waals surface area contributed by atoms with Crippen LogP contribution in [0.2, 0.25) is 0 Å². The van der Waals surface area contributed by atoms with Crippen molar-refractivity contribution < 1.29 is 9.90 Å². The van der Waals surface area contributed by atoms with E-state index < -0.39 is 5.97 Å². The molecule has 1 N–H and O–H groups in total. The van der Waals surface area contributed by atoms with Gasteiger partial charge >= 0.3 is 5.97 Å². The predicted molar refractivity (Wildman–Crippen MR) is 78.1 cm³/mol. The summed E-state index contributed by atoms with van der Waals surface area (Å²) in [7, 11) is 0. The summed E-state index contributed by atoms with van der Waals surface area (Å²) in [5, 5.41) is 9.16. The summed E-state index contributed by atoms with van der Waals surface area (Å²) >= 11 is 0. The molecule has 4 nitrogen and oxygen atoms in total. The van der Waals surface area contributed by atoms with Crippen LogP contribution in [0.4, 0.5) is 0 Å². The summed E-state index contributed by atoms with van der Waals surface area (Å²) < 4.78 is 2.24. The maximum Gasteiger partial charge on any atom is 0.335 e. The van der Waals surface area contributed by atoms with Crippen LogP contribution in [0.1, 0.15) is 54.8 Å². The van der Waals surface area contributed by atoms with Crippen LogP contribution in [0.5, 0.6) is 0 Å². The van der Waals surface area contributed by atoms with Crippen LogP contribution in [0, 0.1) is 12.8 Å². The molecule has 106 valence electrons. The summed E-state index contributed by atoms with van der Waals surface area (Å²) in [6, 6.07) is 5.62. The summed E-state index contributed by atoms with van der Waals surface area (Å²) in [4.78, 5) is 15.7. The van der Waals surface area contributed by atoms with Crippen molar-refractivity contribution in [2.75, 3.05) is 0 Å². The van der Waals surface area contributed by atoms with E-state index in [0.717, 1.165) is 29.2 Å². The van der Waals surface area contributed by atoms with E-state index in [1.165, 1.54) is 19.3 Å². The molecule has 0 saturated heterocycles. The van der Waals surface area contributed by atoms with Crippen LogP contribution >= 0.6 is 0 Å². The first kappa shape index (κ1) is 13.2. The van der Waals surface area contributed by atoms with Gasteiger partial charge in [0.25, 0.3) is 0 Å². The number of aromatic nitrogens is 2. The van der Waals surface area contributed by atoms with Gasteiger partial charge in [0.1, 0.15) is 5.82 Å². The minimum Gasteiger partial charge on any atom is -0.478 e. The molecule has 1 heterocycles. The van der Waals surface area contributed by atoms with Crippen LogP contribution in [-0.4, -0.2) is 20.6 Å². The van der Waals surface area contributed by atoms with Gasteiger partial charge in [-0.2, -0.15) is 0 Å². The van der Waals surface area contributed by atoms with Crippen molar-refractivity contribution in [3.63, 3.8) is 0 Å². The topological polar surface area (TPSA) is 55.1 Å². The lowest BCUT2D eigenvalue weighted by Crippen LogP contribution is -2.11. The number of carboxylic acid groups (broad SMARTS) is 1. The highest BCUT2D eigenvalue weighted by Gasteiger charge is 2.27. The molecule has 0 spiro atoms. The van der Waals surface area contributed by atoms with E-state index in [9.17, 15) is 4.79 Å². The quantitative estimate of drug-likeness (QED) is 0.900. The van der Waals surface area contributed by atoms with Gasteiger partial charge < -0.3 is 9.67 Å². The van der Waals surface area contributed by atoms with Gasteiger partial charge in [-0.15, -0.1) is 0 Å². The number of nitrogens with zero attached hydrogens (tertiary/aromatic N) is 2. The lowest BCUT2D eigenvalue weighted by atomic mass is 10.1. The first-order chi connectivity index (χ1) is 9.60. The molecule has 1 unspecified atom stereocenters. The van der Waals surface area contributed by atoms with Crippen LogP contribution in [0.25, 0.3) is 11.0 Å². The Balaban J connectivity index is 2.08. The Morgan fingerprint density at radius 3 is 2.85 bits per heavy atom. The lowest BCUT2D eigenvalue weighted by molar-refractivity contribution is 0.0697. The van der Waals surface area contributed by atoms with Crippen LogP contribution < -0.4 is 0 Å². The van der Waals surface area contributed by atoms with E-state index in [1.54, 1.807) is 12.1 Å². The van der Waals surface area contributed by atoms with Crippen molar-refractivity contribution >= 4 is 17.0 Å². The van der Waals surface area contributed by atoms with Gasteiger partial charge in [-0.3, -0.25) is 0 Å². The number of aryl methyl sites for hydroxylation is 1. The van der Waals surface area contributed by atoms with Gasteiger partial charge in [0.05, 0.1) is 16.6 Å². The molecular weight excluding hydrogens is 252 g/mol. The summed E-state index contributed by atoms with van der Waals surface area (Å²) in [5.41, 5.74) is 2.18. The lowest BCUT2D eigenvalue weighted by Gasteiger charge is -2.19. The molecule has 1 aromatic heterocycles. The fraction of sp³-hybridized carbons (Fsp3) is 0.500. The Kier molecular flexibility index (Phi) is 3.24. The average Bonchev–Trinajstić information content (AvgIpc) is 3.17. The molecule has 4 heteroatoms. The number of carbonyl (C=O) groups is 1. The van der Waals surface area contributed by atoms with Gasteiger partial charge in [0.15, 0.2) is 0 Å². The number of hydrogen-bond donors (Lipinski definition) is 1. The smallest absolute Gasteiger partial charge is 0.335 e. The number of hydrogen-bond acceptors (Lipinski definition) is 2. The molecule has 0 aliphatic heterocycles. The van der Waals surface area contributed by atoms with E-state index in [-0.39, 0.29) is 0 Å². The van der Waals surface area contributed by atoms with Gasteiger partial charge in [0, 0.05) is 6.04 Å². The summed E-state index contributed by atoms with van der Waals surface area (Å²) in [6.45, 7) is 4.20. The fourth-order valence-corrected chi connectivity index (χ4v) is 3.00. The fourth-order valence-electron chi connectivity index (χ4n) is 3.00. The van der Waals surface area contributed by atoms with Crippen molar-refractivity contribution in [2.45, 2.75) is 45.6 Å². The van der Waals surface area contributed by atoms with Crippen molar-refractivity contribution in [1.82, 2.24) is 9.55 Å². The molecule has 1 aliphatic carbocycles. The predicted octanol–water partition coefficient (Wildman–Crippen LogP) is 3.79. The largest absolute Gasteiger partial charge is 0.478 e. The molecule has 2 aromatic rings. The Hall–Kier alpha value is -1.84. The molecule has 1 aliphatic rings. The maximum absolute atomic E-state index is 11.2. The molecule has 0 amide bonds. The molecule has 0 radical (unpaired) electrons. The molecule has 1 fully saturated rings. The molecule has 20 heavy (non-hydrogen) atoms. The highest BCUT2D eigenvalue weighted by atomic mass is 16.4. The maximum atomic E-state index is 11.2. The van der Waals surface area contributed by atoms with Crippen molar-refractivity contribution in [3.05, 3.63) is 29.6 Å². The van der Waals surface area contributed by atoms with Crippen LogP contribution in [0.15, 0.2) is 18.2 Å². The zero-order chi connectivity index (χ0) is 14.3. The monoisotopic (exact) mass is 272 g/mol. The number of rotatable bonds is 5. The van der Waals surface area contributed by atoms with Crippen LogP contribution in [0.3, 0.4) is 0 Å². The van der Waals surface area contributed by atoms with Crippen LogP contribution in [-0.2, 0) is 0 Å². The molecular formula is C16H20N2O2. The van der Waals surface area contributed by atoms with E-state index in [4.69, 9.17) is 5.11 Å². The highest BCUT2D eigenvalue weighted by Crippen LogP contribution is 2.39. The third-order valence-electron chi connectivity index (χ3n) is 4.25. The third kappa shape index (κ3) is 2.30. The molecule has 1 aromatic carbocycles. The van der Waals surface area contributed by atoms with Gasteiger partial charge in [-0.05, 0) is 43.9 Å². The zero-order valence-corrected chi connectivity index (χ0v) is 12.0. The zero-order valence-electron chi connectivity index (χ0n) is 12.0. The minimum atomic E-state index is -0.882. The van der Waals surface area contributed by atoms with E-state index in [1.807, 2.05) is 13.0 Å². The second-order valence-corrected chi connectivity index (χ2v) is 5.78. The van der Waals surface area contributed by atoms with Crippen molar-refractivity contribution in [3.8, 4) is 0 Å². The van der Waals surface area contributed by atoms with Gasteiger partial charge in [-0.1, -0.05) is 19.8 Å². The Morgan fingerprint density at radius 1 is 1.50 bits per heavy atom. The number of fused-ring (bicyclic) bond motifs is 1. The van der Waals surface area contributed by atoms with Gasteiger partial charge in [0.2, 0.25) is 0 Å². The molecule has 1 saturated carbocycles. The molecule has 0 bridgehead atoms. The van der Waals surface area contributed by atoms with E-state index in [0.29, 0.717) is 11.6 Å². The average molecular weight is 272 g/mol. The second-order valence-electron chi connectivity index (χ2n) is 5.78. The van der Waals surface area contributed by atoms with Crippen molar-refractivity contribution in [2.24, 2.45) is 5.92 Å². The normalized spacial score (nSPS) is 16.5. The van der Waals surface area contributed by atoms with Gasteiger partial charge in [-0.25, -0.2) is 9.78 Å². The Morgan fingerprint density at radius 2 is 2.25 bits per heavy atom. The Bertz CT molecular complexity index is 656. The molecule has 1 atom stereocenters. The Labute approximate surface area is 118 Å². The number of benzene rings is 1. The molecule has 3 rings (SSSR count). The first-order valence-electron chi connectivity index (χ1n) is 7.32. The number of carboxylic acids is 1. The van der Waals surface area contributed by atoms with Crippen molar-refractivity contribution in [1.29, 1.82) is 0 Å². The van der Waals surface area contributed by atoms with E-state index >= 15 is 0 Å². The second kappa shape index (κ2) is 4.93. The number of imidazole rings is 1. The minimum absolute atomic E-state index is 0.333. The first-order valence-corrected chi connectivity index (χ1v) is 7.32. The highest BCUT2D eigenvalue weighted by molar-refractivity contribution is 5.92. The standard InChI is InChI=1S/C16H20N2O2/c1-3-13(8-11-4-5-11)18-10(2)17-14-7-6-12(16(19)20)9-15(14)18/h6-7,9,11,13H,3-5,8H2,1-2H3,(H,19,20). The summed E-state index contributed by atoms with van der Waals surface area (Å²) in [5.74, 6) is 0.946. The third-order valence-corrected chi connectivity index (χ3v) is 4.25. The summed E-state index contributed by atoms with van der Waals surface area (Å²) in [6.07, 6.45) is 4.91.